The van der Waals surface area contributed by atoms with Gasteiger partial charge in [0, 0.05) is 5.69 Å². The first-order chi connectivity index (χ1) is 16.1. The number of hydrogen-bond acceptors (Lipinski definition) is 6. The summed E-state index contributed by atoms with van der Waals surface area (Å²) in [7, 11) is 1.54. The van der Waals surface area contributed by atoms with E-state index < -0.39 is 36.1 Å². The van der Waals surface area contributed by atoms with E-state index in [2.05, 4.69) is 10.6 Å². The molecule has 0 spiro atoms. The normalized spacial score (nSPS) is 11.5. The van der Waals surface area contributed by atoms with Gasteiger partial charge in [-0.15, -0.1) is 0 Å². The maximum absolute atomic E-state index is 13.4. The number of aryl methyl sites for hydroxylation is 1. The molecule has 0 bridgehead atoms. The van der Waals surface area contributed by atoms with Gasteiger partial charge in [-0.3, -0.25) is 9.59 Å². The van der Waals surface area contributed by atoms with Crippen molar-refractivity contribution in [2.45, 2.75) is 39.3 Å². The molecule has 2 rings (SSSR count). The van der Waals surface area contributed by atoms with E-state index in [4.69, 9.17) is 9.47 Å². The van der Waals surface area contributed by atoms with E-state index in [-0.39, 0.29) is 6.54 Å². The first-order valence-corrected chi connectivity index (χ1v) is 10.7. The van der Waals surface area contributed by atoms with Crippen LogP contribution in [0.15, 0.2) is 48.5 Å². The van der Waals surface area contributed by atoms with E-state index in [1.165, 1.54) is 0 Å². The van der Waals surface area contributed by atoms with E-state index >= 15 is 0 Å². The summed E-state index contributed by atoms with van der Waals surface area (Å²) < 4.78 is 10.3. The van der Waals surface area contributed by atoms with Gasteiger partial charge in [0.25, 0.3) is 5.91 Å². The Labute approximate surface area is 199 Å². The van der Waals surface area contributed by atoms with E-state index in [1.54, 1.807) is 64.3 Å². The standard InChI is InChI=1S/C25H30N4O5/c1-17-8-6-7-9-20(17)22(23(31)28-18-10-12-19(33-5)13-11-18)29(15-14-26)21(30)16-27-24(32)34-25(2,3)4/h6-13,22H,15-16H2,1-5H3,(H,27,32)(H,28,31). The second-order valence-corrected chi connectivity index (χ2v) is 8.51. The van der Waals surface area contributed by atoms with Crippen molar-refractivity contribution in [1.82, 2.24) is 10.2 Å². The van der Waals surface area contributed by atoms with Gasteiger partial charge in [-0.1, -0.05) is 24.3 Å². The van der Waals surface area contributed by atoms with E-state index in [9.17, 15) is 19.6 Å². The number of alkyl carbamates (subject to hydrolysis) is 1. The Morgan fingerprint density at radius 2 is 1.74 bits per heavy atom. The molecule has 34 heavy (non-hydrogen) atoms. The average molecular weight is 467 g/mol. The SMILES string of the molecule is COc1ccc(NC(=O)C(c2ccccc2C)N(CC#N)C(=O)CNC(=O)OC(C)(C)C)cc1. The summed E-state index contributed by atoms with van der Waals surface area (Å²) in [6.07, 6.45) is -0.770. The fourth-order valence-electron chi connectivity index (χ4n) is 3.19. The van der Waals surface area contributed by atoms with Gasteiger partial charge >= 0.3 is 6.09 Å². The summed E-state index contributed by atoms with van der Waals surface area (Å²) in [4.78, 5) is 39.6. The smallest absolute Gasteiger partial charge is 0.408 e. The van der Waals surface area contributed by atoms with Crippen LogP contribution >= 0.6 is 0 Å². The van der Waals surface area contributed by atoms with Crippen LogP contribution in [0.5, 0.6) is 5.75 Å². The molecule has 9 heteroatoms. The Bertz CT molecular complexity index is 1050. The Balaban J connectivity index is 2.32. The van der Waals surface area contributed by atoms with Crippen LogP contribution in [0.1, 0.15) is 37.9 Å². The molecule has 0 fully saturated rings. The molecule has 3 amide bonds. The Kier molecular flexibility index (Phi) is 9.01. The molecule has 0 saturated heterocycles. The third-order valence-corrected chi connectivity index (χ3v) is 4.74. The fraction of sp³-hybridized carbons (Fsp3) is 0.360. The van der Waals surface area contributed by atoms with Crippen molar-refractivity contribution in [3.05, 3.63) is 59.7 Å². The van der Waals surface area contributed by atoms with Crippen LogP contribution in [-0.2, 0) is 14.3 Å². The van der Waals surface area contributed by atoms with Gasteiger partial charge in [-0.25, -0.2) is 4.79 Å². The van der Waals surface area contributed by atoms with Crippen molar-refractivity contribution in [2.75, 3.05) is 25.5 Å². The monoisotopic (exact) mass is 466 g/mol. The zero-order chi connectivity index (χ0) is 25.3. The number of amides is 3. The lowest BCUT2D eigenvalue weighted by Crippen LogP contribution is -2.46. The highest BCUT2D eigenvalue weighted by atomic mass is 16.6. The molecular weight excluding hydrogens is 436 g/mol. The molecular formula is C25H30N4O5. The van der Waals surface area contributed by atoms with Crippen molar-refractivity contribution in [2.24, 2.45) is 0 Å². The molecule has 0 aliphatic carbocycles. The van der Waals surface area contributed by atoms with Crippen LogP contribution < -0.4 is 15.4 Å². The van der Waals surface area contributed by atoms with E-state index in [0.717, 1.165) is 10.5 Å². The maximum Gasteiger partial charge on any atom is 0.408 e. The lowest BCUT2D eigenvalue weighted by Gasteiger charge is -2.30. The van der Waals surface area contributed by atoms with Crippen molar-refractivity contribution in [3.63, 3.8) is 0 Å². The summed E-state index contributed by atoms with van der Waals surface area (Å²) in [6, 6.07) is 14.7. The van der Waals surface area contributed by atoms with Gasteiger partial charge in [0.05, 0.1) is 13.2 Å². The zero-order valence-electron chi connectivity index (χ0n) is 20.0. The van der Waals surface area contributed by atoms with Crippen molar-refractivity contribution in [3.8, 4) is 11.8 Å². The van der Waals surface area contributed by atoms with Crippen LogP contribution in [0, 0.1) is 18.3 Å². The number of nitriles is 1. The molecule has 2 aromatic carbocycles. The first kappa shape index (κ1) is 26.2. The summed E-state index contributed by atoms with van der Waals surface area (Å²) in [5.74, 6) is -0.478. The number of nitrogens with one attached hydrogen (secondary N) is 2. The minimum absolute atomic E-state index is 0.357. The molecule has 0 saturated carbocycles. The summed E-state index contributed by atoms with van der Waals surface area (Å²) in [6.45, 7) is 6.13. The number of benzene rings is 2. The third kappa shape index (κ3) is 7.52. The van der Waals surface area contributed by atoms with Gasteiger partial charge in [-0.2, -0.15) is 5.26 Å². The van der Waals surface area contributed by atoms with Crippen molar-refractivity contribution in [1.29, 1.82) is 5.26 Å². The number of anilines is 1. The lowest BCUT2D eigenvalue weighted by atomic mass is 9.98. The quantitative estimate of drug-likeness (QED) is 0.574. The summed E-state index contributed by atoms with van der Waals surface area (Å²) >= 11 is 0. The predicted molar refractivity (Wildman–Crippen MR) is 127 cm³/mol. The van der Waals surface area contributed by atoms with Gasteiger partial charge in [0.1, 0.15) is 30.5 Å². The number of carbonyl (C=O) groups is 3. The molecule has 0 aromatic heterocycles. The molecule has 1 unspecified atom stereocenters. The Hall–Kier alpha value is -4.06. The second-order valence-electron chi connectivity index (χ2n) is 8.51. The highest BCUT2D eigenvalue weighted by Gasteiger charge is 2.32. The zero-order valence-corrected chi connectivity index (χ0v) is 20.0. The predicted octanol–water partition coefficient (Wildman–Crippen LogP) is 3.56. The van der Waals surface area contributed by atoms with Crippen LogP contribution in [0.4, 0.5) is 10.5 Å². The number of rotatable bonds is 8. The Morgan fingerprint density at radius 1 is 1.09 bits per heavy atom. The molecule has 180 valence electrons. The van der Waals surface area contributed by atoms with Crippen molar-refractivity contribution >= 4 is 23.6 Å². The van der Waals surface area contributed by atoms with Crippen molar-refractivity contribution < 1.29 is 23.9 Å². The molecule has 0 aliphatic rings. The van der Waals surface area contributed by atoms with Crippen LogP contribution in [0.3, 0.4) is 0 Å². The maximum atomic E-state index is 13.4. The number of nitrogens with zero attached hydrogens (tertiary/aromatic N) is 2. The molecule has 2 aromatic rings. The van der Waals surface area contributed by atoms with E-state index in [0.29, 0.717) is 17.0 Å². The fourth-order valence-corrected chi connectivity index (χ4v) is 3.19. The molecule has 9 nitrogen and oxygen atoms in total. The summed E-state index contributed by atoms with van der Waals surface area (Å²) in [5.41, 5.74) is 1.10. The molecule has 0 aliphatic heterocycles. The summed E-state index contributed by atoms with van der Waals surface area (Å²) in [5, 5.41) is 14.6. The molecule has 0 heterocycles. The van der Waals surface area contributed by atoms with Gasteiger partial charge in [0.2, 0.25) is 5.91 Å². The van der Waals surface area contributed by atoms with Crippen LogP contribution in [0.25, 0.3) is 0 Å². The van der Waals surface area contributed by atoms with Gasteiger partial charge in [-0.05, 0) is 63.1 Å². The molecule has 1 atom stereocenters. The number of methoxy groups -OCH3 is 1. The minimum atomic E-state index is -1.10. The third-order valence-electron chi connectivity index (χ3n) is 4.74. The number of carbonyl (C=O) groups excluding carboxylic acids is 3. The van der Waals surface area contributed by atoms with Crippen LogP contribution in [-0.4, -0.2) is 48.6 Å². The first-order valence-electron chi connectivity index (χ1n) is 10.7. The highest BCUT2D eigenvalue weighted by Crippen LogP contribution is 2.26. The van der Waals surface area contributed by atoms with Gasteiger partial charge in [0.15, 0.2) is 0 Å². The Morgan fingerprint density at radius 3 is 2.29 bits per heavy atom. The second kappa shape index (κ2) is 11.7. The average Bonchev–Trinajstić information content (AvgIpc) is 2.77. The number of hydrogen-bond donors (Lipinski definition) is 2. The molecule has 0 radical (unpaired) electrons. The van der Waals surface area contributed by atoms with E-state index in [1.807, 2.05) is 25.1 Å². The lowest BCUT2D eigenvalue weighted by molar-refractivity contribution is -0.137. The van der Waals surface area contributed by atoms with Crippen LogP contribution in [0.2, 0.25) is 0 Å². The highest BCUT2D eigenvalue weighted by molar-refractivity contribution is 5.98. The largest absolute Gasteiger partial charge is 0.497 e. The number of ether oxygens (including phenoxy) is 2. The minimum Gasteiger partial charge on any atom is -0.497 e. The topological polar surface area (TPSA) is 121 Å². The molecule has 2 N–H and O–H groups in total. The van der Waals surface area contributed by atoms with Gasteiger partial charge < -0.3 is 25.0 Å².